The van der Waals surface area contributed by atoms with Gasteiger partial charge in [-0.3, -0.25) is 9.59 Å². The van der Waals surface area contributed by atoms with Crippen molar-refractivity contribution < 1.29 is 14.3 Å². The average Bonchev–Trinajstić information content (AvgIpc) is 2.99. The van der Waals surface area contributed by atoms with E-state index >= 15 is 0 Å². The molecule has 4 aliphatic rings. The third-order valence-electron chi connectivity index (χ3n) is 8.17. The van der Waals surface area contributed by atoms with Crippen LogP contribution < -0.4 is 0 Å². The van der Waals surface area contributed by atoms with E-state index in [-0.39, 0.29) is 22.6 Å². The van der Waals surface area contributed by atoms with Crippen LogP contribution >= 0.6 is 0 Å². The van der Waals surface area contributed by atoms with Crippen molar-refractivity contribution in [1.29, 1.82) is 0 Å². The number of hydrogen-bond donors (Lipinski definition) is 0. The largest absolute Gasteiger partial charge is 0.465 e. The number of allylic oxidation sites excluding steroid dienone is 5. The third kappa shape index (κ3) is 2.46. The van der Waals surface area contributed by atoms with Crippen LogP contribution in [-0.4, -0.2) is 18.4 Å². The van der Waals surface area contributed by atoms with Gasteiger partial charge < -0.3 is 4.74 Å². The Balaban J connectivity index is 1.67. The second-order valence-corrected chi connectivity index (χ2v) is 9.08. The zero-order valence-electron chi connectivity index (χ0n) is 16.0. The Morgan fingerprint density at radius 2 is 2.12 bits per heavy atom. The van der Waals surface area contributed by atoms with Gasteiger partial charge in [0.25, 0.3) is 0 Å². The highest BCUT2D eigenvalue weighted by Crippen LogP contribution is 2.66. The minimum atomic E-state index is -0.176. The maximum Gasteiger partial charge on any atom is 0.302 e. The molecule has 0 aromatic carbocycles. The third-order valence-corrected chi connectivity index (χ3v) is 8.17. The SMILES string of the molecule is C=CC1CCC2[C@@H]3CCC4=CC(=O)C=C[C@]4(C)C3CC[C@]12COC(C)=O. The lowest BCUT2D eigenvalue weighted by molar-refractivity contribution is -0.151. The average molecular weight is 354 g/mol. The van der Waals surface area contributed by atoms with Gasteiger partial charge in [-0.15, -0.1) is 6.58 Å². The van der Waals surface area contributed by atoms with Crippen LogP contribution in [0.1, 0.15) is 52.4 Å². The highest BCUT2D eigenvalue weighted by Gasteiger charge is 2.60. The van der Waals surface area contributed by atoms with Crippen LogP contribution in [-0.2, 0) is 14.3 Å². The second kappa shape index (κ2) is 6.21. The van der Waals surface area contributed by atoms with E-state index < -0.39 is 0 Å². The molecule has 6 atom stereocenters. The number of esters is 1. The molecule has 3 heteroatoms. The molecule has 0 amide bonds. The molecule has 0 aromatic heterocycles. The smallest absolute Gasteiger partial charge is 0.302 e. The van der Waals surface area contributed by atoms with Gasteiger partial charge in [0.1, 0.15) is 0 Å². The van der Waals surface area contributed by atoms with Crippen molar-refractivity contribution >= 4 is 11.8 Å². The molecule has 4 rings (SSSR count). The molecule has 4 aliphatic carbocycles. The van der Waals surface area contributed by atoms with E-state index in [0.29, 0.717) is 30.3 Å². The summed E-state index contributed by atoms with van der Waals surface area (Å²) in [5, 5.41) is 0. The molecule has 3 nitrogen and oxygen atoms in total. The van der Waals surface area contributed by atoms with Crippen LogP contribution in [0.4, 0.5) is 0 Å². The molecule has 0 spiro atoms. The van der Waals surface area contributed by atoms with Crippen LogP contribution in [0.5, 0.6) is 0 Å². The van der Waals surface area contributed by atoms with Crippen LogP contribution in [0.15, 0.2) is 36.5 Å². The van der Waals surface area contributed by atoms with E-state index in [0.717, 1.165) is 32.1 Å². The Hall–Kier alpha value is -1.64. The quantitative estimate of drug-likeness (QED) is 0.548. The second-order valence-electron chi connectivity index (χ2n) is 9.08. The number of ether oxygens (including phenoxy) is 1. The van der Waals surface area contributed by atoms with Crippen molar-refractivity contribution in [3.8, 4) is 0 Å². The number of fused-ring (bicyclic) bond motifs is 5. The van der Waals surface area contributed by atoms with Gasteiger partial charge in [-0.1, -0.05) is 24.6 Å². The first-order valence-electron chi connectivity index (χ1n) is 10.1. The molecule has 0 aromatic rings. The van der Waals surface area contributed by atoms with Crippen LogP contribution in [0.25, 0.3) is 0 Å². The summed E-state index contributed by atoms with van der Waals surface area (Å²) in [5.41, 5.74) is 1.42. The Bertz CT molecular complexity index is 702. The fraction of sp³-hybridized carbons (Fsp3) is 0.652. The maximum absolute atomic E-state index is 11.9. The minimum absolute atomic E-state index is 0.0245. The van der Waals surface area contributed by atoms with Crippen molar-refractivity contribution in [2.24, 2.45) is 34.5 Å². The number of rotatable bonds is 3. The highest BCUT2D eigenvalue weighted by molar-refractivity contribution is 6.01. The maximum atomic E-state index is 11.9. The van der Waals surface area contributed by atoms with E-state index in [4.69, 9.17) is 4.74 Å². The first kappa shape index (κ1) is 17.8. The topological polar surface area (TPSA) is 43.4 Å². The van der Waals surface area contributed by atoms with E-state index in [1.807, 2.05) is 6.08 Å². The Labute approximate surface area is 156 Å². The first-order chi connectivity index (χ1) is 12.4. The Morgan fingerprint density at radius 3 is 2.85 bits per heavy atom. The monoisotopic (exact) mass is 354 g/mol. The molecule has 26 heavy (non-hydrogen) atoms. The van der Waals surface area contributed by atoms with Crippen molar-refractivity contribution in [3.05, 3.63) is 36.5 Å². The van der Waals surface area contributed by atoms with Crippen LogP contribution in [0, 0.1) is 34.5 Å². The summed E-state index contributed by atoms with van der Waals surface area (Å²) in [6, 6.07) is 0. The standard InChI is InChI=1S/C23H30O3/c1-4-16-6-8-21-19-7-5-17-13-18(25)9-11-22(17,3)20(19)10-12-23(16,21)14-26-15(2)24/h4,9,11,13,16,19-21H,1,5-8,10,12,14H2,2-3H3/t16?,19-,20?,21?,22+,23+/m1/s1. The van der Waals surface area contributed by atoms with E-state index in [9.17, 15) is 9.59 Å². The van der Waals surface area contributed by atoms with Crippen molar-refractivity contribution in [2.45, 2.75) is 52.4 Å². The Morgan fingerprint density at radius 1 is 1.31 bits per heavy atom. The van der Waals surface area contributed by atoms with Crippen molar-refractivity contribution in [3.63, 3.8) is 0 Å². The zero-order valence-corrected chi connectivity index (χ0v) is 16.0. The molecule has 0 aliphatic heterocycles. The van der Waals surface area contributed by atoms with Gasteiger partial charge in [0.2, 0.25) is 0 Å². The van der Waals surface area contributed by atoms with Gasteiger partial charge in [-0.25, -0.2) is 0 Å². The lowest BCUT2D eigenvalue weighted by Gasteiger charge is -2.57. The summed E-state index contributed by atoms with van der Waals surface area (Å²) in [5.74, 6) is 2.23. The van der Waals surface area contributed by atoms with Crippen LogP contribution in [0.3, 0.4) is 0 Å². The summed E-state index contributed by atoms with van der Waals surface area (Å²) < 4.78 is 5.59. The van der Waals surface area contributed by atoms with Gasteiger partial charge in [0.15, 0.2) is 5.78 Å². The predicted molar refractivity (Wildman–Crippen MR) is 101 cm³/mol. The summed E-state index contributed by atoms with van der Waals surface area (Å²) in [4.78, 5) is 23.4. The highest BCUT2D eigenvalue weighted by atomic mass is 16.5. The first-order valence-corrected chi connectivity index (χ1v) is 10.1. The minimum Gasteiger partial charge on any atom is -0.465 e. The van der Waals surface area contributed by atoms with E-state index in [1.54, 1.807) is 6.08 Å². The molecule has 3 fully saturated rings. The van der Waals surface area contributed by atoms with Crippen molar-refractivity contribution in [2.75, 3.05) is 6.61 Å². The van der Waals surface area contributed by atoms with Gasteiger partial charge in [0.05, 0.1) is 6.61 Å². The number of carbonyl (C=O) groups excluding carboxylic acids is 2. The van der Waals surface area contributed by atoms with Crippen LogP contribution in [0.2, 0.25) is 0 Å². The van der Waals surface area contributed by atoms with Gasteiger partial charge in [-0.05, 0) is 74.3 Å². The number of hydrogen-bond acceptors (Lipinski definition) is 3. The molecule has 3 saturated carbocycles. The number of carbonyl (C=O) groups is 2. The Kier molecular flexibility index (Phi) is 4.24. The zero-order chi connectivity index (χ0) is 18.5. The molecule has 3 unspecified atom stereocenters. The molecular formula is C23H30O3. The summed E-state index contributed by atoms with van der Waals surface area (Å²) in [6.45, 7) is 8.48. The number of ketones is 1. The van der Waals surface area contributed by atoms with Gasteiger partial charge in [-0.2, -0.15) is 0 Å². The van der Waals surface area contributed by atoms with Gasteiger partial charge in [0, 0.05) is 17.8 Å². The molecule has 0 N–H and O–H groups in total. The predicted octanol–water partition coefficient (Wildman–Crippen LogP) is 4.64. The lowest BCUT2D eigenvalue weighted by atomic mass is 9.47. The molecular weight excluding hydrogens is 324 g/mol. The van der Waals surface area contributed by atoms with E-state index in [1.165, 1.54) is 18.9 Å². The summed E-state index contributed by atoms with van der Waals surface area (Å²) in [6.07, 6.45) is 14.7. The fourth-order valence-corrected chi connectivity index (χ4v) is 6.92. The lowest BCUT2D eigenvalue weighted by Crippen LogP contribution is -2.52. The molecule has 0 bridgehead atoms. The van der Waals surface area contributed by atoms with Crippen molar-refractivity contribution in [1.82, 2.24) is 0 Å². The molecule has 0 radical (unpaired) electrons. The molecule has 0 heterocycles. The summed E-state index contributed by atoms with van der Waals surface area (Å²) >= 11 is 0. The summed E-state index contributed by atoms with van der Waals surface area (Å²) in [7, 11) is 0. The normalized spacial score (nSPS) is 43.8. The molecule has 0 saturated heterocycles. The van der Waals surface area contributed by atoms with Gasteiger partial charge >= 0.3 is 5.97 Å². The fourth-order valence-electron chi connectivity index (χ4n) is 6.92. The molecule has 140 valence electrons. The van der Waals surface area contributed by atoms with E-state index in [2.05, 4.69) is 25.7 Å².